The molecular formula is C16H14N4O3S2. The van der Waals surface area contributed by atoms with Crippen LogP contribution in [0.5, 0.6) is 0 Å². The van der Waals surface area contributed by atoms with Gasteiger partial charge in [0, 0.05) is 6.54 Å². The number of carbonyl (C=O) groups is 3. The Balaban J connectivity index is 1.75. The number of imide groups is 1. The molecule has 0 atom stereocenters. The van der Waals surface area contributed by atoms with E-state index in [9.17, 15) is 14.4 Å². The van der Waals surface area contributed by atoms with E-state index in [0.717, 1.165) is 10.2 Å². The first-order valence-corrected chi connectivity index (χ1v) is 9.11. The Kier molecular flexibility index (Phi) is 5.05. The molecule has 0 aliphatic rings. The molecule has 2 aromatic heterocycles. The van der Waals surface area contributed by atoms with Crippen LogP contribution in [0.4, 0.5) is 9.80 Å². The monoisotopic (exact) mass is 374 g/mol. The minimum atomic E-state index is -0.581. The van der Waals surface area contributed by atoms with Crippen molar-refractivity contribution in [2.24, 2.45) is 0 Å². The number of rotatable bonds is 4. The summed E-state index contributed by atoms with van der Waals surface area (Å²) in [6.45, 7) is 2.16. The van der Waals surface area contributed by atoms with Gasteiger partial charge in [-0.05, 0) is 30.5 Å². The third-order valence-corrected chi connectivity index (χ3v) is 5.05. The first-order valence-electron chi connectivity index (χ1n) is 7.42. The van der Waals surface area contributed by atoms with Crippen LogP contribution in [0.2, 0.25) is 0 Å². The number of urea groups is 1. The molecule has 3 aromatic rings. The van der Waals surface area contributed by atoms with E-state index in [2.05, 4.69) is 20.9 Å². The standard InChI is InChI=1S/C16H14N4O3S2/c1-2-17-16(23)20-12(21)9-7-8-24-14(9)19-13(22)15-18-10-5-3-4-6-11(10)25-15/h3-8H,2H2,1H3,(H,19,22)(H2,17,20,21,23). The van der Waals surface area contributed by atoms with Crippen molar-refractivity contribution in [3.63, 3.8) is 0 Å². The molecule has 25 heavy (non-hydrogen) atoms. The lowest BCUT2D eigenvalue weighted by Gasteiger charge is -2.06. The highest BCUT2D eigenvalue weighted by molar-refractivity contribution is 7.20. The first kappa shape index (κ1) is 17.1. The summed E-state index contributed by atoms with van der Waals surface area (Å²) in [5.41, 5.74) is 0.976. The molecule has 0 bridgehead atoms. The molecule has 2 heterocycles. The van der Waals surface area contributed by atoms with Crippen molar-refractivity contribution in [2.45, 2.75) is 6.92 Å². The van der Waals surface area contributed by atoms with Gasteiger partial charge in [-0.2, -0.15) is 0 Å². The largest absolute Gasteiger partial charge is 0.338 e. The molecule has 0 spiro atoms. The second kappa shape index (κ2) is 7.41. The van der Waals surface area contributed by atoms with E-state index in [1.165, 1.54) is 22.7 Å². The molecule has 7 nitrogen and oxygen atoms in total. The average Bonchev–Trinajstić information content (AvgIpc) is 3.21. The number of fused-ring (bicyclic) bond motifs is 1. The summed E-state index contributed by atoms with van der Waals surface area (Å²) in [7, 11) is 0. The molecule has 0 fully saturated rings. The number of hydrogen-bond donors (Lipinski definition) is 3. The first-order chi connectivity index (χ1) is 12.1. The summed E-state index contributed by atoms with van der Waals surface area (Å²) in [5, 5.41) is 9.72. The van der Waals surface area contributed by atoms with Gasteiger partial charge in [-0.25, -0.2) is 9.78 Å². The van der Waals surface area contributed by atoms with Crippen LogP contribution in [0.25, 0.3) is 10.2 Å². The molecule has 4 amide bonds. The van der Waals surface area contributed by atoms with Crippen LogP contribution < -0.4 is 16.0 Å². The molecule has 0 aliphatic heterocycles. The van der Waals surface area contributed by atoms with E-state index in [4.69, 9.17) is 0 Å². The van der Waals surface area contributed by atoms with Crippen LogP contribution in [0.3, 0.4) is 0 Å². The van der Waals surface area contributed by atoms with Crippen LogP contribution in [0.15, 0.2) is 35.7 Å². The number of para-hydroxylation sites is 1. The number of hydrogen-bond acceptors (Lipinski definition) is 6. The van der Waals surface area contributed by atoms with Gasteiger partial charge in [0.1, 0.15) is 5.00 Å². The molecule has 9 heteroatoms. The van der Waals surface area contributed by atoms with Crippen LogP contribution in [-0.2, 0) is 0 Å². The molecule has 0 radical (unpaired) electrons. The molecular weight excluding hydrogens is 360 g/mol. The zero-order valence-electron chi connectivity index (χ0n) is 13.2. The number of nitrogens with zero attached hydrogens (tertiary/aromatic N) is 1. The maximum absolute atomic E-state index is 12.4. The van der Waals surface area contributed by atoms with Crippen LogP contribution in [0.1, 0.15) is 27.1 Å². The molecule has 3 N–H and O–H groups in total. The predicted molar refractivity (Wildman–Crippen MR) is 98.4 cm³/mol. The lowest BCUT2D eigenvalue weighted by atomic mass is 10.3. The van der Waals surface area contributed by atoms with Crippen LogP contribution >= 0.6 is 22.7 Å². The van der Waals surface area contributed by atoms with Crippen LogP contribution in [0, 0.1) is 0 Å². The van der Waals surface area contributed by atoms with Crippen LogP contribution in [-0.4, -0.2) is 29.4 Å². The Morgan fingerprint density at radius 1 is 1.12 bits per heavy atom. The van der Waals surface area contributed by atoms with Gasteiger partial charge < -0.3 is 10.6 Å². The second-order valence-electron chi connectivity index (χ2n) is 4.92. The number of thiazole rings is 1. The zero-order chi connectivity index (χ0) is 17.8. The number of carbonyl (C=O) groups excluding carboxylic acids is 3. The number of thiophene rings is 1. The summed E-state index contributed by atoms with van der Waals surface area (Å²) in [6.07, 6.45) is 0. The fourth-order valence-corrected chi connectivity index (χ4v) is 3.73. The molecule has 3 rings (SSSR count). The number of nitrogens with one attached hydrogen (secondary N) is 3. The maximum Gasteiger partial charge on any atom is 0.321 e. The third-order valence-electron chi connectivity index (χ3n) is 3.19. The molecule has 128 valence electrons. The molecule has 1 aromatic carbocycles. The number of anilines is 1. The Labute approximate surface area is 151 Å². The zero-order valence-corrected chi connectivity index (χ0v) is 14.8. The number of aromatic nitrogens is 1. The highest BCUT2D eigenvalue weighted by Crippen LogP contribution is 2.26. The van der Waals surface area contributed by atoms with Crippen molar-refractivity contribution in [1.82, 2.24) is 15.6 Å². The Morgan fingerprint density at radius 2 is 1.92 bits per heavy atom. The van der Waals surface area contributed by atoms with E-state index in [1.54, 1.807) is 18.4 Å². The highest BCUT2D eigenvalue weighted by atomic mass is 32.1. The van der Waals surface area contributed by atoms with Crippen molar-refractivity contribution < 1.29 is 14.4 Å². The van der Waals surface area contributed by atoms with Gasteiger partial charge in [0.25, 0.3) is 11.8 Å². The lowest BCUT2D eigenvalue weighted by Crippen LogP contribution is -2.39. The van der Waals surface area contributed by atoms with Gasteiger partial charge >= 0.3 is 6.03 Å². The maximum atomic E-state index is 12.4. The van der Waals surface area contributed by atoms with Gasteiger partial charge in [-0.3, -0.25) is 14.9 Å². The van der Waals surface area contributed by atoms with E-state index in [-0.39, 0.29) is 5.56 Å². The van der Waals surface area contributed by atoms with Gasteiger partial charge in [0.2, 0.25) is 0 Å². The van der Waals surface area contributed by atoms with Gasteiger partial charge in [0.05, 0.1) is 15.8 Å². The topological polar surface area (TPSA) is 100 Å². The second-order valence-corrected chi connectivity index (χ2v) is 6.86. The van der Waals surface area contributed by atoms with E-state index >= 15 is 0 Å². The Bertz CT molecular complexity index is 915. The molecule has 0 saturated heterocycles. The summed E-state index contributed by atoms with van der Waals surface area (Å²) in [6, 6.07) is 8.42. The van der Waals surface area contributed by atoms with Gasteiger partial charge in [-0.1, -0.05) is 12.1 Å². The Hall–Kier alpha value is -2.78. The quantitative estimate of drug-likeness (QED) is 0.653. The summed E-state index contributed by atoms with van der Waals surface area (Å²) in [4.78, 5) is 40.3. The molecule has 0 saturated carbocycles. The minimum Gasteiger partial charge on any atom is -0.338 e. The van der Waals surface area contributed by atoms with E-state index in [1.807, 2.05) is 24.3 Å². The van der Waals surface area contributed by atoms with E-state index < -0.39 is 17.8 Å². The van der Waals surface area contributed by atoms with Gasteiger partial charge in [0.15, 0.2) is 5.01 Å². The van der Waals surface area contributed by atoms with E-state index in [0.29, 0.717) is 16.6 Å². The average molecular weight is 374 g/mol. The van der Waals surface area contributed by atoms with Gasteiger partial charge in [-0.15, -0.1) is 22.7 Å². The summed E-state index contributed by atoms with van der Waals surface area (Å²) in [5.74, 6) is -0.970. The molecule has 0 unspecified atom stereocenters. The molecule has 0 aliphatic carbocycles. The fraction of sp³-hybridized carbons (Fsp3) is 0.125. The normalized spacial score (nSPS) is 10.4. The predicted octanol–water partition coefficient (Wildman–Crippen LogP) is 3.07. The number of benzene rings is 1. The summed E-state index contributed by atoms with van der Waals surface area (Å²) >= 11 is 2.48. The number of amides is 4. The third kappa shape index (κ3) is 3.83. The van der Waals surface area contributed by atoms with Crippen molar-refractivity contribution in [1.29, 1.82) is 0 Å². The van der Waals surface area contributed by atoms with Crippen molar-refractivity contribution >= 4 is 55.7 Å². The fourth-order valence-electron chi connectivity index (χ4n) is 2.09. The minimum absolute atomic E-state index is 0.228. The Morgan fingerprint density at radius 3 is 2.68 bits per heavy atom. The lowest BCUT2D eigenvalue weighted by molar-refractivity contribution is 0.0965. The van der Waals surface area contributed by atoms with Crippen molar-refractivity contribution in [3.05, 3.63) is 46.3 Å². The smallest absolute Gasteiger partial charge is 0.321 e. The SMILES string of the molecule is CCNC(=O)NC(=O)c1ccsc1NC(=O)c1nc2ccccc2s1. The van der Waals surface area contributed by atoms with Crippen molar-refractivity contribution in [2.75, 3.05) is 11.9 Å². The van der Waals surface area contributed by atoms with Crippen molar-refractivity contribution in [3.8, 4) is 0 Å². The summed E-state index contributed by atoms with van der Waals surface area (Å²) < 4.78 is 0.910. The highest BCUT2D eigenvalue weighted by Gasteiger charge is 2.19.